The molecule has 0 saturated carbocycles. The van der Waals surface area contributed by atoms with Crippen molar-refractivity contribution in [2.45, 2.75) is 17.6 Å². The molecule has 0 bridgehead atoms. The normalized spacial score (nSPS) is 11.3. The van der Waals surface area contributed by atoms with Gasteiger partial charge in [-0.1, -0.05) is 30.7 Å². The quantitative estimate of drug-likeness (QED) is 0.801. The molecule has 0 atom stereocenters. The standard InChI is InChI=1S/C13H13ClN2O2S3/c1-2-9-4-6-12(20-9)21(17,18)16-11-7-8(14)3-5-10(11)13(15)19/h3-7,16H,2H2,1H3,(H2,15,19). The highest BCUT2D eigenvalue weighted by Gasteiger charge is 2.19. The number of hydrogen-bond donors (Lipinski definition) is 2. The number of sulfonamides is 1. The Morgan fingerprint density at radius 1 is 1.38 bits per heavy atom. The third kappa shape index (κ3) is 3.74. The van der Waals surface area contributed by atoms with Gasteiger partial charge in [0, 0.05) is 15.5 Å². The summed E-state index contributed by atoms with van der Waals surface area (Å²) in [4.78, 5) is 1.10. The number of thiocarbonyl (C=S) groups is 1. The second-order valence-corrected chi connectivity index (χ2v) is 8.19. The Morgan fingerprint density at radius 2 is 2.10 bits per heavy atom. The zero-order chi connectivity index (χ0) is 15.6. The zero-order valence-electron chi connectivity index (χ0n) is 11.1. The Hall–Kier alpha value is -1.15. The SMILES string of the molecule is CCc1ccc(S(=O)(=O)Nc2cc(Cl)ccc2C(N)=S)s1. The highest BCUT2D eigenvalue weighted by molar-refractivity contribution is 7.94. The number of aryl methyl sites for hydroxylation is 1. The lowest BCUT2D eigenvalue weighted by atomic mass is 10.2. The van der Waals surface area contributed by atoms with E-state index < -0.39 is 10.0 Å². The highest BCUT2D eigenvalue weighted by Crippen LogP contribution is 2.27. The number of benzene rings is 1. The maximum Gasteiger partial charge on any atom is 0.271 e. The molecule has 112 valence electrons. The van der Waals surface area contributed by atoms with Crippen molar-refractivity contribution in [2.75, 3.05) is 4.72 Å². The molecule has 1 heterocycles. The molecular weight excluding hydrogens is 348 g/mol. The van der Waals surface area contributed by atoms with Crippen molar-refractivity contribution in [1.82, 2.24) is 0 Å². The maximum absolute atomic E-state index is 12.4. The summed E-state index contributed by atoms with van der Waals surface area (Å²) < 4.78 is 27.5. The summed E-state index contributed by atoms with van der Waals surface area (Å²) in [6, 6.07) is 8.06. The van der Waals surface area contributed by atoms with Crippen molar-refractivity contribution in [3.05, 3.63) is 45.8 Å². The molecule has 21 heavy (non-hydrogen) atoms. The molecule has 0 aliphatic heterocycles. The van der Waals surface area contributed by atoms with E-state index in [2.05, 4.69) is 4.72 Å². The first-order chi connectivity index (χ1) is 9.83. The monoisotopic (exact) mass is 360 g/mol. The lowest BCUT2D eigenvalue weighted by Crippen LogP contribution is -2.17. The highest BCUT2D eigenvalue weighted by atomic mass is 35.5. The summed E-state index contributed by atoms with van der Waals surface area (Å²) in [7, 11) is -3.68. The van der Waals surface area contributed by atoms with Crippen LogP contribution in [0.15, 0.2) is 34.5 Å². The van der Waals surface area contributed by atoms with Gasteiger partial charge in [-0.05, 0) is 36.8 Å². The van der Waals surface area contributed by atoms with Crippen LogP contribution in [-0.4, -0.2) is 13.4 Å². The number of nitrogens with one attached hydrogen (secondary N) is 1. The summed E-state index contributed by atoms with van der Waals surface area (Å²) in [5.74, 6) is 0. The number of thiophene rings is 1. The van der Waals surface area contributed by atoms with E-state index in [0.29, 0.717) is 10.6 Å². The molecule has 0 unspecified atom stereocenters. The van der Waals surface area contributed by atoms with Crippen LogP contribution in [0.3, 0.4) is 0 Å². The van der Waals surface area contributed by atoms with E-state index in [1.807, 2.05) is 6.92 Å². The zero-order valence-corrected chi connectivity index (χ0v) is 14.3. The summed E-state index contributed by atoms with van der Waals surface area (Å²) >= 11 is 12.1. The van der Waals surface area contributed by atoms with Gasteiger partial charge in [-0.3, -0.25) is 4.72 Å². The molecule has 0 spiro atoms. The van der Waals surface area contributed by atoms with E-state index in [-0.39, 0.29) is 14.9 Å². The molecule has 4 nitrogen and oxygen atoms in total. The maximum atomic E-state index is 12.4. The minimum absolute atomic E-state index is 0.102. The third-order valence-corrected chi connectivity index (χ3v) is 6.28. The number of halogens is 1. The molecular formula is C13H13ClN2O2S3. The lowest BCUT2D eigenvalue weighted by Gasteiger charge is -2.11. The fraction of sp³-hybridized carbons (Fsp3) is 0.154. The van der Waals surface area contributed by atoms with Crippen molar-refractivity contribution in [3.63, 3.8) is 0 Å². The topological polar surface area (TPSA) is 72.2 Å². The molecule has 0 fully saturated rings. The Bertz CT molecular complexity index is 784. The van der Waals surface area contributed by atoms with Gasteiger partial charge in [0.1, 0.15) is 9.20 Å². The van der Waals surface area contributed by atoms with E-state index in [0.717, 1.165) is 11.3 Å². The van der Waals surface area contributed by atoms with Crippen LogP contribution in [0.1, 0.15) is 17.4 Å². The van der Waals surface area contributed by atoms with Crippen LogP contribution in [0.4, 0.5) is 5.69 Å². The van der Waals surface area contributed by atoms with Gasteiger partial charge in [-0.2, -0.15) is 0 Å². The van der Waals surface area contributed by atoms with E-state index >= 15 is 0 Å². The van der Waals surface area contributed by atoms with Crippen molar-refractivity contribution in [2.24, 2.45) is 5.73 Å². The van der Waals surface area contributed by atoms with Crippen LogP contribution in [0.25, 0.3) is 0 Å². The molecule has 1 aromatic carbocycles. The first-order valence-corrected chi connectivity index (χ1v) is 9.13. The Kier molecular flexibility index (Phi) is 4.88. The van der Waals surface area contributed by atoms with Gasteiger partial charge in [-0.25, -0.2) is 8.42 Å². The van der Waals surface area contributed by atoms with E-state index in [4.69, 9.17) is 29.6 Å². The molecule has 8 heteroatoms. The third-order valence-electron chi connectivity index (χ3n) is 2.74. The van der Waals surface area contributed by atoms with Crippen LogP contribution in [0.2, 0.25) is 5.02 Å². The predicted molar refractivity (Wildman–Crippen MR) is 91.8 cm³/mol. The minimum Gasteiger partial charge on any atom is -0.389 e. The Balaban J connectivity index is 2.41. The van der Waals surface area contributed by atoms with E-state index in [9.17, 15) is 8.42 Å². The second-order valence-electron chi connectivity index (χ2n) is 4.23. The van der Waals surface area contributed by atoms with E-state index in [1.54, 1.807) is 24.3 Å². The van der Waals surface area contributed by atoms with Gasteiger partial charge < -0.3 is 5.73 Å². The Labute approximate surface area is 138 Å². The van der Waals surface area contributed by atoms with Crippen molar-refractivity contribution < 1.29 is 8.42 Å². The molecule has 0 aliphatic carbocycles. The molecule has 1 aromatic heterocycles. The van der Waals surface area contributed by atoms with Crippen molar-refractivity contribution >= 4 is 55.9 Å². The largest absolute Gasteiger partial charge is 0.389 e. The van der Waals surface area contributed by atoms with Crippen LogP contribution in [-0.2, 0) is 16.4 Å². The Morgan fingerprint density at radius 3 is 2.67 bits per heavy atom. The molecule has 0 saturated heterocycles. The number of nitrogens with two attached hydrogens (primary N) is 1. The first kappa shape index (κ1) is 16.2. The van der Waals surface area contributed by atoms with Crippen molar-refractivity contribution in [1.29, 1.82) is 0 Å². The van der Waals surface area contributed by atoms with Gasteiger partial charge >= 0.3 is 0 Å². The predicted octanol–water partition coefficient (Wildman–Crippen LogP) is 3.40. The fourth-order valence-corrected chi connectivity index (χ4v) is 4.42. The van der Waals surface area contributed by atoms with Crippen LogP contribution in [0, 0.1) is 0 Å². The summed E-state index contributed by atoms with van der Waals surface area (Å²) in [6.45, 7) is 1.97. The van der Waals surface area contributed by atoms with E-state index in [1.165, 1.54) is 17.4 Å². The van der Waals surface area contributed by atoms with Gasteiger partial charge in [0.25, 0.3) is 10.0 Å². The lowest BCUT2D eigenvalue weighted by molar-refractivity contribution is 0.603. The van der Waals surface area contributed by atoms with Gasteiger partial charge in [0.05, 0.1) is 5.69 Å². The number of rotatable bonds is 5. The average molecular weight is 361 g/mol. The average Bonchev–Trinajstić information content (AvgIpc) is 2.87. The van der Waals surface area contributed by atoms with Crippen LogP contribution >= 0.6 is 35.2 Å². The number of hydrogen-bond acceptors (Lipinski definition) is 4. The summed E-state index contributed by atoms with van der Waals surface area (Å²) in [5.41, 5.74) is 6.32. The smallest absolute Gasteiger partial charge is 0.271 e. The minimum atomic E-state index is -3.68. The molecule has 0 aliphatic rings. The summed E-state index contributed by atoms with van der Waals surface area (Å²) in [6.07, 6.45) is 0.787. The van der Waals surface area contributed by atoms with Gasteiger partial charge in [-0.15, -0.1) is 11.3 Å². The fourth-order valence-electron chi connectivity index (χ4n) is 1.70. The molecule has 0 radical (unpaired) electrons. The van der Waals surface area contributed by atoms with Crippen LogP contribution < -0.4 is 10.5 Å². The first-order valence-electron chi connectivity index (χ1n) is 6.04. The summed E-state index contributed by atoms with van der Waals surface area (Å²) in [5, 5.41) is 0.396. The van der Waals surface area contributed by atoms with Gasteiger partial charge in [0.2, 0.25) is 0 Å². The van der Waals surface area contributed by atoms with Crippen LogP contribution in [0.5, 0.6) is 0 Å². The molecule has 2 rings (SSSR count). The molecule has 0 amide bonds. The second kappa shape index (κ2) is 6.31. The molecule has 2 aromatic rings. The van der Waals surface area contributed by atoms with Gasteiger partial charge in [0.15, 0.2) is 0 Å². The number of anilines is 1. The van der Waals surface area contributed by atoms with Crippen molar-refractivity contribution in [3.8, 4) is 0 Å². The molecule has 3 N–H and O–H groups in total.